The first-order valence-corrected chi connectivity index (χ1v) is 12.3. The highest BCUT2D eigenvalue weighted by molar-refractivity contribution is 6.34. The van der Waals surface area contributed by atoms with Gasteiger partial charge >= 0.3 is 5.97 Å². The van der Waals surface area contributed by atoms with Crippen LogP contribution in [-0.2, 0) is 14.4 Å². The summed E-state index contributed by atoms with van der Waals surface area (Å²) in [6.07, 6.45) is 13.0. The van der Waals surface area contributed by atoms with E-state index in [9.17, 15) is 19.8 Å². The van der Waals surface area contributed by atoms with Crippen LogP contribution >= 0.6 is 11.6 Å². The monoisotopic (exact) mass is 504 g/mol. The van der Waals surface area contributed by atoms with E-state index in [1.54, 1.807) is 17.9 Å². The lowest BCUT2D eigenvalue weighted by Crippen LogP contribution is -2.39. The fraction of sp³-hybridized carbons (Fsp3) is 0.462. The maximum atomic E-state index is 12.9. The fourth-order valence-electron chi connectivity index (χ4n) is 3.96. The highest BCUT2D eigenvalue weighted by Crippen LogP contribution is 2.38. The Bertz CT molecular complexity index is 1010. The first-order chi connectivity index (χ1) is 16.8. The molecule has 35 heavy (non-hydrogen) atoms. The van der Waals surface area contributed by atoms with Gasteiger partial charge in [-0.25, -0.2) is 4.79 Å². The van der Waals surface area contributed by atoms with Gasteiger partial charge in [-0.15, -0.1) is 0 Å². The van der Waals surface area contributed by atoms with Gasteiger partial charge < -0.3 is 19.8 Å². The molecule has 2 atom stereocenters. The Hall–Kier alpha value is -2.97. The summed E-state index contributed by atoms with van der Waals surface area (Å²) in [5.74, 6) is -1.50. The van der Waals surface area contributed by atoms with Crippen molar-refractivity contribution in [2.45, 2.75) is 52.1 Å². The summed E-state index contributed by atoms with van der Waals surface area (Å²) in [6, 6.07) is 1.00. The number of benzene rings is 1. The number of nitrogens with zero attached hydrogens (tertiary/aromatic N) is 1. The van der Waals surface area contributed by atoms with Crippen molar-refractivity contribution >= 4 is 29.6 Å². The van der Waals surface area contributed by atoms with Crippen molar-refractivity contribution in [2.24, 2.45) is 5.92 Å². The first-order valence-electron chi connectivity index (χ1n) is 11.9. The van der Waals surface area contributed by atoms with Gasteiger partial charge in [-0.3, -0.25) is 15.1 Å². The lowest BCUT2D eigenvalue weighted by atomic mass is 10.0. The molecule has 1 saturated heterocycles. The summed E-state index contributed by atoms with van der Waals surface area (Å²) < 4.78 is 5.51. The topological polar surface area (TPSA) is 108 Å². The number of amides is 1. The number of carbonyl (C=O) groups excluding carboxylic acids is 2. The predicted octanol–water partition coefficient (Wildman–Crippen LogP) is 4.71. The minimum atomic E-state index is -0.772. The van der Waals surface area contributed by atoms with Gasteiger partial charge in [0.25, 0.3) is 5.91 Å². The molecule has 8 nitrogen and oxygen atoms in total. The normalized spacial score (nSPS) is 23.9. The molecule has 9 heteroatoms. The highest BCUT2D eigenvalue weighted by atomic mass is 35.5. The van der Waals surface area contributed by atoms with Gasteiger partial charge in [0.2, 0.25) is 0 Å². The zero-order valence-corrected chi connectivity index (χ0v) is 20.9. The maximum Gasteiger partial charge on any atom is 0.342 e. The van der Waals surface area contributed by atoms with E-state index in [0.29, 0.717) is 12.1 Å². The van der Waals surface area contributed by atoms with Crippen molar-refractivity contribution in [2.75, 3.05) is 19.7 Å². The number of ether oxygens (including phenoxy) is 1. The number of cyclic esters (lactones) is 1. The second kappa shape index (κ2) is 12.7. The van der Waals surface area contributed by atoms with Crippen LogP contribution < -0.4 is 5.48 Å². The predicted molar refractivity (Wildman–Crippen MR) is 134 cm³/mol. The molecule has 0 bridgehead atoms. The standard InChI is InChI=1S/C26H33ClN2O6/c1-17-8-6-10-18(2)35-26(33)24-20(25(27)22(31)15-21(24)30)14-19(11-7-9-17)28-34-16-23(32)29-12-4-3-5-13-29/h6-8,11,14-15,17-18,28,30-31H,3-5,9-10,12-13,16H2,1-2H3/b8-6?,11-7+,19-14-/t17?,18-/m1/s1. The van der Waals surface area contributed by atoms with Gasteiger partial charge in [-0.2, -0.15) is 0 Å². The Morgan fingerprint density at radius 3 is 2.66 bits per heavy atom. The number of aromatic hydroxyl groups is 2. The van der Waals surface area contributed by atoms with E-state index < -0.39 is 17.8 Å². The van der Waals surface area contributed by atoms with Crippen molar-refractivity contribution in [1.29, 1.82) is 0 Å². The van der Waals surface area contributed by atoms with Crippen LogP contribution in [0, 0.1) is 5.92 Å². The average Bonchev–Trinajstić information content (AvgIpc) is 2.82. The number of carbonyl (C=O) groups is 2. The van der Waals surface area contributed by atoms with Crippen molar-refractivity contribution in [3.8, 4) is 11.5 Å². The SMILES string of the molecule is CC1C=CC[C@@H](C)OC(=O)c2c(O)cc(O)c(Cl)c2/C=C(NOCC(=O)N2CCCCC2)/C=C/C1. The van der Waals surface area contributed by atoms with Gasteiger partial charge in [-0.05, 0) is 50.7 Å². The summed E-state index contributed by atoms with van der Waals surface area (Å²) in [4.78, 5) is 32.6. The number of piperidine rings is 1. The number of phenols is 2. The number of phenolic OH excluding ortho intramolecular Hbond substituents is 2. The number of rotatable bonds is 4. The maximum absolute atomic E-state index is 12.9. The number of nitrogens with one attached hydrogen (secondary N) is 1. The van der Waals surface area contributed by atoms with Crippen molar-refractivity contribution < 1.29 is 29.4 Å². The van der Waals surface area contributed by atoms with E-state index in [4.69, 9.17) is 21.2 Å². The summed E-state index contributed by atoms with van der Waals surface area (Å²) in [5, 5.41) is 20.5. The van der Waals surface area contributed by atoms with Gasteiger partial charge in [0.15, 0.2) is 6.61 Å². The molecule has 2 aliphatic rings. The molecule has 1 aromatic rings. The number of allylic oxidation sites excluding steroid dienone is 3. The molecular weight excluding hydrogens is 472 g/mol. The molecule has 190 valence electrons. The molecule has 1 unspecified atom stereocenters. The Morgan fingerprint density at radius 1 is 1.17 bits per heavy atom. The van der Waals surface area contributed by atoms with Crippen LogP contribution in [0.1, 0.15) is 61.9 Å². The molecule has 0 saturated carbocycles. The summed E-state index contributed by atoms with van der Waals surface area (Å²) in [7, 11) is 0. The van der Waals surface area contributed by atoms with E-state index in [0.717, 1.165) is 44.8 Å². The number of hydrogen-bond donors (Lipinski definition) is 3. The number of hydrogen-bond acceptors (Lipinski definition) is 7. The van der Waals surface area contributed by atoms with Gasteiger partial charge in [0, 0.05) is 31.1 Å². The number of halogens is 1. The van der Waals surface area contributed by atoms with Crippen molar-refractivity contribution in [1.82, 2.24) is 10.4 Å². The number of hydroxylamine groups is 1. The summed E-state index contributed by atoms with van der Waals surface area (Å²) in [5.41, 5.74) is 3.02. The van der Waals surface area contributed by atoms with Crippen LogP contribution in [-0.4, -0.2) is 52.8 Å². The highest BCUT2D eigenvalue weighted by Gasteiger charge is 2.24. The van der Waals surface area contributed by atoms with E-state index >= 15 is 0 Å². The third-order valence-electron chi connectivity index (χ3n) is 5.90. The van der Waals surface area contributed by atoms with E-state index in [2.05, 4.69) is 12.4 Å². The quantitative estimate of drug-likeness (QED) is 0.309. The smallest absolute Gasteiger partial charge is 0.342 e. The van der Waals surface area contributed by atoms with Crippen LogP contribution in [0.2, 0.25) is 5.02 Å². The molecule has 0 aromatic heterocycles. The molecule has 2 heterocycles. The molecule has 2 aliphatic heterocycles. The van der Waals surface area contributed by atoms with Crippen LogP contribution in [0.3, 0.4) is 0 Å². The third kappa shape index (κ3) is 7.50. The van der Waals surface area contributed by atoms with Crippen molar-refractivity contribution in [3.05, 3.63) is 52.2 Å². The fourth-order valence-corrected chi connectivity index (χ4v) is 4.17. The lowest BCUT2D eigenvalue weighted by molar-refractivity contribution is -0.139. The van der Waals surface area contributed by atoms with E-state index in [1.165, 1.54) is 6.08 Å². The molecule has 1 fully saturated rings. The van der Waals surface area contributed by atoms with Gasteiger partial charge in [0.05, 0.1) is 10.7 Å². The molecular formula is C26H33ClN2O6. The van der Waals surface area contributed by atoms with Crippen LogP contribution in [0.5, 0.6) is 11.5 Å². The number of esters is 1. The Kier molecular flexibility index (Phi) is 9.63. The zero-order chi connectivity index (χ0) is 25.4. The lowest BCUT2D eigenvalue weighted by Gasteiger charge is -2.26. The minimum Gasteiger partial charge on any atom is -0.507 e. The van der Waals surface area contributed by atoms with E-state index in [1.807, 2.05) is 18.2 Å². The average molecular weight is 505 g/mol. The van der Waals surface area contributed by atoms with Crippen LogP contribution in [0.15, 0.2) is 36.1 Å². The number of likely N-dealkylation sites (tertiary alicyclic amines) is 1. The first kappa shape index (κ1) is 26.6. The molecule has 0 aliphatic carbocycles. The molecule has 0 radical (unpaired) electrons. The molecule has 0 spiro atoms. The Balaban J connectivity index is 1.91. The van der Waals surface area contributed by atoms with Gasteiger partial charge in [0.1, 0.15) is 23.2 Å². The minimum absolute atomic E-state index is 0.0696. The second-order valence-corrected chi connectivity index (χ2v) is 9.32. The zero-order valence-electron chi connectivity index (χ0n) is 20.1. The summed E-state index contributed by atoms with van der Waals surface area (Å²) >= 11 is 6.33. The molecule has 1 aromatic carbocycles. The molecule has 3 N–H and O–H groups in total. The second-order valence-electron chi connectivity index (χ2n) is 8.94. The van der Waals surface area contributed by atoms with E-state index in [-0.39, 0.29) is 40.3 Å². The van der Waals surface area contributed by atoms with Crippen LogP contribution in [0.25, 0.3) is 6.08 Å². The van der Waals surface area contributed by atoms with Gasteiger partial charge in [-0.1, -0.05) is 36.8 Å². The van der Waals surface area contributed by atoms with Crippen LogP contribution in [0.4, 0.5) is 0 Å². The van der Waals surface area contributed by atoms with Crippen molar-refractivity contribution in [3.63, 3.8) is 0 Å². The number of fused-ring (bicyclic) bond motifs is 1. The molecule has 3 rings (SSSR count). The Morgan fingerprint density at radius 2 is 1.91 bits per heavy atom. The Labute approximate surface area is 210 Å². The molecule has 1 amide bonds. The third-order valence-corrected chi connectivity index (χ3v) is 6.30. The summed E-state index contributed by atoms with van der Waals surface area (Å²) in [6.45, 7) is 5.09. The largest absolute Gasteiger partial charge is 0.507 e.